The number of hydrogen-bond acceptors (Lipinski definition) is 3. The Bertz CT molecular complexity index is 506. The maximum absolute atomic E-state index is 10.2. The molecule has 0 radical (unpaired) electrons. The number of aliphatic hydroxyl groups excluding tert-OH is 1. The summed E-state index contributed by atoms with van der Waals surface area (Å²) in [5.74, 6) is 0.869. The Balaban J connectivity index is 1.88. The molecule has 31 heavy (non-hydrogen) atoms. The van der Waals surface area contributed by atoms with Gasteiger partial charge in [0.1, 0.15) is 5.75 Å². The quantitative estimate of drug-likeness (QED) is 0.182. The summed E-state index contributed by atoms with van der Waals surface area (Å²) in [4.78, 5) is 0. The van der Waals surface area contributed by atoms with Gasteiger partial charge in [-0.1, -0.05) is 122 Å². The molecule has 0 amide bonds. The Hall–Kier alpha value is -1.06. The van der Waals surface area contributed by atoms with E-state index in [0.29, 0.717) is 6.54 Å². The van der Waals surface area contributed by atoms with Crippen molar-refractivity contribution in [1.82, 2.24) is 5.32 Å². The first-order valence-corrected chi connectivity index (χ1v) is 13.4. The fraction of sp³-hybridized carbons (Fsp3) is 0.786. The van der Waals surface area contributed by atoms with E-state index in [1.807, 2.05) is 31.2 Å². The third-order valence-corrected chi connectivity index (χ3v) is 6.10. The van der Waals surface area contributed by atoms with Gasteiger partial charge in [0.25, 0.3) is 0 Å². The van der Waals surface area contributed by atoms with Gasteiger partial charge in [-0.25, -0.2) is 0 Å². The number of ether oxygens (including phenoxy) is 1. The van der Waals surface area contributed by atoms with Crippen LogP contribution in [0.25, 0.3) is 0 Å². The summed E-state index contributed by atoms with van der Waals surface area (Å²) in [7, 11) is 0. The van der Waals surface area contributed by atoms with Gasteiger partial charge in [0.15, 0.2) is 0 Å². The van der Waals surface area contributed by atoms with Gasteiger partial charge in [-0.05, 0) is 30.7 Å². The van der Waals surface area contributed by atoms with Gasteiger partial charge in [0, 0.05) is 6.54 Å². The summed E-state index contributed by atoms with van der Waals surface area (Å²) in [6.45, 7) is 6.55. The van der Waals surface area contributed by atoms with Crippen molar-refractivity contribution < 1.29 is 9.84 Å². The minimum Gasteiger partial charge on any atom is -0.494 e. The Kier molecular flexibility index (Phi) is 18.8. The summed E-state index contributed by atoms with van der Waals surface area (Å²) in [6.07, 6.45) is 21.7. The van der Waals surface area contributed by atoms with E-state index in [9.17, 15) is 5.11 Å². The molecule has 2 N–H and O–H groups in total. The molecule has 0 bridgehead atoms. The third kappa shape index (κ3) is 16.3. The van der Waals surface area contributed by atoms with Gasteiger partial charge in [0.05, 0.1) is 12.7 Å². The monoisotopic (exact) mass is 433 g/mol. The SMILES string of the molecule is CCCCCCCCCCCCCCCCCCOc1cccc(C(O)CNCC)c1. The van der Waals surface area contributed by atoms with E-state index in [0.717, 1.165) is 30.9 Å². The van der Waals surface area contributed by atoms with Crippen molar-refractivity contribution in [3.63, 3.8) is 0 Å². The lowest BCUT2D eigenvalue weighted by Crippen LogP contribution is -2.20. The molecule has 1 rings (SSSR count). The first-order chi connectivity index (χ1) is 15.3. The van der Waals surface area contributed by atoms with Crippen LogP contribution in [-0.4, -0.2) is 24.8 Å². The van der Waals surface area contributed by atoms with Crippen LogP contribution in [0.2, 0.25) is 0 Å². The fourth-order valence-corrected chi connectivity index (χ4v) is 4.05. The number of rotatable bonds is 22. The second kappa shape index (κ2) is 20.8. The Morgan fingerprint density at radius 1 is 0.742 bits per heavy atom. The van der Waals surface area contributed by atoms with Gasteiger partial charge in [-0.15, -0.1) is 0 Å². The molecule has 0 heterocycles. The minimum atomic E-state index is -0.473. The summed E-state index contributed by atoms with van der Waals surface area (Å²) in [5, 5.41) is 13.4. The third-order valence-electron chi connectivity index (χ3n) is 6.10. The van der Waals surface area contributed by atoms with Gasteiger partial charge in [-0.3, -0.25) is 0 Å². The molecule has 1 aromatic carbocycles. The lowest BCUT2D eigenvalue weighted by molar-refractivity contribution is 0.175. The number of aliphatic hydroxyl groups is 1. The molecule has 1 aromatic rings. The zero-order chi connectivity index (χ0) is 22.4. The average molecular weight is 434 g/mol. The predicted molar refractivity (Wildman–Crippen MR) is 135 cm³/mol. The molecule has 0 saturated heterocycles. The second-order valence-electron chi connectivity index (χ2n) is 9.05. The van der Waals surface area contributed by atoms with Crippen LogP contribution in [-0.2, 0) is 0 Å². The van der Waals surface area contributed by atoms with E-state index >= 15 is 0 Å². The fourth-order valence-electron chi connectivity index (χ4n) is 4.05. The summed E-state index contributed by atoms with van der Waals surface area (Å²) >= 11 is 0. The first kappa shape index (κ1) is 28.0. The lowest BCUT2D eigenvalue weighted by Gasteiger charge is -2.13. The van der Waals surface area contributed by atoms with Crippen LogP contribution in [0, 0.1) is 0 Å². The maximum Gasteiger partial charge on any atom is 0.119 e. The van der Waals surface area contributed by atoms with Gasteiger partial charge >= 0.3 is 0 Å². The standard InChI is InChI=1S/C28H51NO2/c1-3-5-6-7-8-9-10-11-12-13-14-15-16-17-18-19-23-31-27-22-20-21-26(24-27)28(30)25-29-4-2/h20-22,24,28-30H,3-19,23,25H2,1-2H3. The summed E-state index contributed by atoms with van der Waals surface area (Å²) in [6, 6.07) is 7.88. The molecule has 0 fully saturated rings. The van der Waals surface area contributed by atoms with E-state index < -0.39 is 6.10 Å². The molecule has 1 unspecified atom stereocenters. The highest BCUT2D eigenvalue weighted by atomic mass is 16.5. The van der Waals surface area contributed by atoms with Crippen molar-refractivity contribution in [2.75, 3.05) is 19.7 Å². The molecule has 3 nitrogen and oxygen atoms in total. The molecule has 0 aromatic heterocycles. The van der Waals surface area contributed by atoms with Crippen molar-refractivity contribution in [1.29, 1.82) is 0 Å². The molecule has 0 aliphatic heterocycles. The smallest absolute Gasteiger partial charge is 0.119 e. The maximum atomic E-state index is 10.2. The summed E-state index contributed by atoms with van der Waals surface area (Å²) < 4.78 is 5.89. The van der Waals surface area contributed by atoms with Crippen molar-refractivity contribution in [2.24, 2.45) is 0 Å². The van der Waals surface area contributed by atoms with Crippen LogP contribution in [0.3, 0.4) is 0 Å². The Morgan fingerprint density at radius 2 is 1.26 bits per heavy atom. The molecule has 1 atom stereocenters. The van der Waals surface area contributed by atoms with E-state index in [2.05, 4.69) is 12.2 Å². The van der Waals surface area contributed by atoms with E-state index in [1.54, 1.807) is 0 Å². The molecule has 180 valence electrons. The molecular formula is C28H51NO2. The van der Waals surface area contributed by atoms with Crippen molar-refractivity contribution in [2.45, 2.75) is 123 Å². The Labute approximate surface area is 193 Å². The number of benzene rings is 1. The Morgan fingerprint density at radius 3 is 1.77 bits per heavy atom. The van der Waals surface area contributed by atoms with Crippen LogP contribution < -0.4 is 10.1 Å². The molecular weight excluding hydrogens is 382 g/mol. The largest absolute Gasteiger partial charge is 0.494 e. The van der Waals surface area contributed by atoms with Crippen LogP contribution in [0.15, 0.2) is 24.3 Å². The topological polar surface area (TPSA) is 41.5 Å². The molecule has 0 aliphatic carbocycles. The first-order valence-electron chi connectivity index (χ1n) is 13.4. The zero-order valence-electron chi connectivity index (χ0n) is 20.7. The number of hydrogen-bond donors (Lipinski definition) is 2. The number of nitrogens with one attached hydrogen (secondary N) is 1. The minimum absolute atomic E-state index is 0.473. The van der Waals surface area contributed by atoms with E-state index in [4.69, 9.17) is 4.74 Å². The molecule has 0 saturated carbocycles. The van der Waals surface area contributed by atoms with E-state index in [-0.39, 0.29) is 0 Å². The molecule has 0 spiro atoms. The van der Waals surface area contributed by atoms with Crippen LogP contribution >= 0.6 is 0 Å². The highest BCUT2D eigenvalue weighted by molar-refractivity contribution is 5.30. The molecule has 0 aliphatic rings. The van der Waals surface area contributed by atoms with Crippen LogP contribution in [0.1, 0.15) is 128 Å². The predicted octanol–water partition coefficient (Wildman–Crippen LogP) is 7.97. The van der Waals surface area contributed by atoms with Gasteiger partial charge in [0.2, 0.25) is 0 Å². The van der Waals surface area contributed by atoms with Crippen LogP contribution in [0.5, 0.6) is 5.75 Å². The van der Waals surface area contributed by atoms with Gasteiger partial charge in [-0.2, -0.15) is 0 Å². The zero-order valence-corrected chi connectivity index (χ0v) is 20.7. The number of likely N-dealkylation sites (N-methyl/N-ethyl adjacent to an activating group) is 1. The average Bonchev–Trinajstić information content (AvgIpc) is 2.79. The van der Waals surface area contributed by atoms with Gasteiger partial charge < -0.3 is 15.2 Å². The second-order valence-corrected chi connectivity index (χ2v) is 9.05. The molecule has 3 heteroatoms. The summed E-state index contributed by atoms with van der Waals surface area (Å²) in [5.41, 5.74) is 0.922. The lowest BCUT2D eigenvalue weighted by atomic mass is 10.0. The van der Waals surface area contributed by atoms with Crippen molar-refractivity contribution in [3.05, 3.63) is 29.8 Å². The highest BCUT2D eigenvalue weighted by Crippen LogP contribution is 2.19. The van der Waals surface area contributed by atoms with Crippen LogP contribution in [0.4, 0.5) is 0 Å². The number of unbranched alkanes of at least 4 members (excludes halogenated alkanes) is 15. The normalized spacial score (nSPS) is 12.2. The van der Waals surface area contributed by atoms with E-state index in [1.165, 1.54) is 96.3 Å². The van der Waals surface area contributed by atoms with Crippen molar-refractivity contribution >= 4 is 0 Å². The van der Waals surface area contributed by atoms with Crippen molar-refractivity contribution in [3.8, 4) is 5.75 Å². The highest BCUT2D eigenvalue weighted by Gasteiger charge is 2.07.